The number of aryl methyl sites for hydroxylation is 2. The van der Waals surface area contributed by atoms with Crippen LogP contribution >= 0.6 is 0 Å². The van der Waals surface area contributed by atoms with Crippen molar-refractivity contribution in [2.45, 2.75) is 25.5 Å². The molecule has 1 N–H and O–H groups in total. The van der Waals surface area contributed by atoms with Gasteiger partial charge in [-0.15, -0.1) is 3.89 Å². The first-order valence-electron chi connectivity index (χ1n) is 5.06. The van der Waals surface area contributed by atoms with Crippen molar-refractivity contribution in [3.8, 4) is 0 Å². The average molecular weight is 261 g/mol. The Kier molecular flexibility index (Phi) is 2.69. The predicted molar refractivity (Wildman–Crippen MR) is 58.8 cm³/mol. The number of halogens is 1. The number of aromatic nitrogens is 2. The van der Waals surface area contributed by atoms with Crippen molar-refractivity contribution < 1.29 is 17.1 Å². The summed E-state index contributed by atoms with van der Waals surface area (Å²) in [6, 6.07) is 0. The Morgan fingerprint density at radius 2 is 2.12 bits per heavy atom. The van der Waals surface area contributed by atoms with Crippen LogP contribution in [0.5, 0.6) is 0 Å². The molecule has 94 valence electrons. The van der Waals surface area contributed by atoms with Crippen molar-refractivity contribution in [1.82, 2.24) is 10.2 Å². The van der Waals surface area contributed by atoms with Gasteiger partial charge in [-0.2, -0.15) is 13.5 Å². The summed E-state index contributed by atoms with van der Waals surface area (Å²) in [6.45, 7) is 3.27. The fourth-order valence-corrected chi connectivity index (χ4v) is 2.69. The van der Waals surface area contributed by atoms with Crippen LogP contribution in [0.25, 0.3) is 0 Å². The van der Waals surface area contributed by atoms with Crippen molar-refractivity contribution in [3.63, 3.8) is 0 Å². The van der Waals surface area contributed by atoms with Gasteiger partial charge in [-0.3, -0.25) is 9.89 Å². The number of H-pyrrole nitrogens is 1. The fourth-order valence-electron chi connectivity index (χ4n) is 2.02. The van der Waals surface area contributed by atoms with Crippen LogP contribution in [0, 0.1) is 13.8 Å². The number of anilines is 1. The molecule has 6 nitrogen and oxygen atoms in total. The van der Waals surface area contributed by atoms with E-state index in [0.29, 0.717) is 17.1 Å². The molecule has 0 spiro atoms. The number of carbonyl (C=O) groups excluding carboxylic acids is 1. The SMILES string of the molecule is Cc1n[nH]c(C)c1N1CC(S(=O)(=O)F)CC1=O. The standard InChI is InChI=1S/C9H12FN3O3S/c1-5-9(6(2)12-11-5)13-4-7(3-8(13)14)17(10,15)16/h7H,3-4H2,1-2H3,(H,11,12). The molecule has 1 amide bonds. The molecule has 2 rings (SSSR count). The summed E-state index contributed by atoms with van der Waals surface area (Å²) in [5.41, 5.74) is 1.79. The van der Waals surface area contributed by atoms with E-state index in [4.69, 9.17) is 0 Å². The maximum atomic E-state index is 12.9. The van der Waals surface area contributed by atoms with Crippen LogP contribution < -0.4 is 4.90 Å². The van der Waals surface area contributed by atoms with E-state index in [1.807, 2.05) is 0 Å². The van der Waals surface area contributed by atoms with Gasteiger partial charge in [-0.1, -0.05) is 0 Å². The minimum absolute atomic E-state index is 0.154. The Hall–Kier alpha value is -1.44. The molecule has 1 saturated heterocycles. The summed E-state index contributed by atoms with van der Waals surface area (Å²) >= 11 is 0. The van der Waals surface area contributed by atoms with Gasteiger partial charge in [-0.25, -0.2) is 0 Å². The minimum Gasteiger partial charge on any atom is -0.308 e. The zero-order chi connectivity index (χ0) is 12.8. The maximum Gasteiger partial charge on any atom is 0.307 e. The highest BCUT2D eigenvalue weighted by molar-refractivity contribution is 7.87. The molecule has 1 atom stereocenters. The second-order valence-corrected chi connectivity index (χ2v) is 5.71. The van der Waals surface area contributed by atoms with E-state index in [1.54, 1.807) is 13.8 Å². The lowest BCUT2D eigenvalue weighted by atomic mass is 10.3. The molecule has 1 aromatic heterocycles. The lowest BCUT2D eigenvalue weighted by molar-refractivity contribution is -0.117. The van der Waals surface area contributed by atoms with E-state index in [0.717, 1.165) is 0 Å². The first-order chi connectivity index (χ1) is 7.80. The molecule has 8 heteroatoms. The van der Waals surface area contributed by atoms with Gasteiger partial charge in [0.15, 0.2) is 0 Å². The molecule has 0 aliphatic carbocycles. The zero-order valence-electron chi connectivity index (χ0n) is 9.40. The zero-order valence-corrected chi connectivity index (χ0v) is 10.2. The predicted octanol–water partition coefficient (Wildman–Crippen LogP) is 0.431. The van der Waals surface area contributed by atoms with Crippen molar-refractivity contribution in [1.29, 1.82) is 0 Å². The van der Waals surface area contributed by atoms with Gasteiger partial charge < -0.3 is 4.90 Å². The van der Waals surface area contributed by atoms with Crippen molar-refractivity contribution in [2.75, 3.05) is 11.4 Å². The Labute approximate surface area is 98.0 Å². The monoisotopic (exact) mass is 261 g/mol. The summed E-state index contributed by atoms with van der Waals surface area (Å²) in [5, 5.41) is 5.35. The van der Waals surface area contributed by atoms with Gasteiger partial charge in [0, 0.05) is 13.0 Å². The number of hydrogen-bond donors (Lipinski definition) is 1. The molecule has 1 fully saturated rings. The molecule has 1 aromatic rings. The Balaban J connectivity index is 2.34. The third-order valence-corrected chi connectivity index (χ3v) is 3.96. The first kappa shape index (κ1) is 12.0. The lowest BCUT2D eigenvalue weighted by Gasteiger charge is -2.15. The molecule has 1 aliphatic heterocycles. The highest BCUT2D eigenvalue weighted by atomic mass is 32.3. The van der Waals surface area contributed by atoms with Crippen molar-refractivity contribution in [2.24, 2.45) is 0 Å². The smallest absolute Gasteiger partial charge is 0.307 e. The van der Waals surface area contributed by atoms with Gasteiger partial charge in [0.25, 0.3) is 0 Å². The number of rotatable bonds is 2. The van der Waals surface area contributed by atoms with E-state index in [-0.39, 0.29) is 13.0 Å². The van der Waals surface area contributed by atoms with Gasteiger partial charge in [0.05, 0.1) is 17.1 Å². The van der Waals surface area contributed by atoms with Gasteiger partial charge in [0.2, 0.25) is 5.91 Å². The van der Waals surface area contributed by atoms with E-state index >= 15 is 0 Å². The second kappa shape index (κ2) is 3.80. The summed E-state index contributed by atoms with van der Waals surface area (Å²) in [7, 11) is -4.68. The molecule has 17 heavy (non-hydrogen) atoms. The Morgan fingerprint density at radius 3 is 2.53 bits per heavy atom. The Morgan fingerprint density at radius 1 is 1.47 bits per heavy atom. The van der Waals surface area contributed by atoms with Gasteiger partial charge in [-0.05, 0) is 13.8 Å². The van der Waals surface area contributed by atoms with E-state index in [2.05, 4.69) is 10.2 Å². The van der Waals surface area contributed by atoms with E-state index < -0.39 is 21.4 Å². The third kappa shape index (κ3) is 2.04. The summed E-state index contributed by atoms with van der Waals surface area (Å²) in [5.74, 6) is -0.399. The summed E-state index contributed by atoms with van der Waals surface area (Å²) in [6.07, 6.45) is -0.317. The summed E-state index contributed by atoms with van der Waals surface area (Å²) < 4.78 is 34.4. The van der Waals surface area contributed by atoms with Crippen LogP contribution in [-0.2, 0) is 15.0 Å². The van der Waals surface area contributed by atoms with E-state index in [1.165, 1.54) is 4.90 Å². The minimum atomic E-state index is -4.68. The molecular weight excluding hydrogens is 249 g/mol. The molecule has 1 aliphatic rings. The van der Waals surface area contributed by atoms with Crippen LogP contribution in [0.2, 0.25) is 0 Å². The number of hydrogen-bond acceptors (Lipinski definition) is 4. The fraction of sp³-hybridized carbons (Fsp3) is 0.556. The maximum absolute atomic E-state index is 12.9. The molecule has 0 bridgehead atoms. The van der Waals surface area contributed by atoms with E-state index in [9.17, 15) is 17.1 Å². The largest absolute Gasteiger partial charge is 0.308 e. The molecular formula is C9H12FN3O3S. The lowest BCUT2D eigenvalue weighted by Crippen LogP contribution is -2.27. The quantitative estimate of drug-likeness (QED) is 0.783. The van der Waals surface area contributed by atoms with Crippen LogP contribution in [-0.4, -0.2) is 36.3 Å². The third-order valence-electron chi connectivity index (χ3n) is 2.85. The van der Waals surface area contributed by atoms with Crippen LogP contribution in [0.3, 0.4) is 0 Å². The topological polar surface area (TPSA) is 83.1 Å². The summed E-state index contributed by atoms with van der Waals surface area (Å²) in [4.78, 5) is 13.0. The van der Waals surface area contributed by atoms with Gasteiger partial charge >= 0.3 is 10.2 Å². The normalized spacial score (nSPS) is 21.2. The highest BCUT2D eigenvalue weighted by Crippen LogP contribution is 2.29. The van der Waals surface area contributed by atoms with Crippen LogP contribution in [0.15, 0.2) is 0 Å². The number of nitrogens with one attached hydrogen (secondary N) is 1. The van der Waals surface area contributed by atoms with Crippen molar-refractivity contribution in [3.05, 3.63) is 11.4 Å². The van der Waals surface area contributed by atoms with Crippen LogP contribution in [0.4, 0.5) is 9.57 Å². The van der Waals surface area contributed by atoms with Crippen molar-refractivity contribution >= 4 is 21.8 Å². The van der Waals surface area contributed by atoms with Gasteiger partial charge in [0.1, 0.15) is 5.25 Å². The molecule has 1 unspecified atom stereocenters. The Bertz CT molecular complexity index is 547. The molecule has 0 saturated carbocycles. The number of carbonyl (C=O) groups is 1. The first-order valence-corrected chi connectivity index (χ1v) is 6.50. The molecule has 2 heterocycles. The number of amides is 1. The molecule has 0 radical (unpaired) electrons. The number of aromatic amines is 1. The molecule has 0 aromatic carbocycles. The highest BCUT2D eigenvalue weighted by Gasteiger charge is 2.40. The van der Waals surface area contributed by atoms with Crippen LogP contribution in [0.1, 0.15) is 17.8 Å². The number of nitrogens with zero attached hydrogens (tertiary/aromatic N) is 2. The average Bonchev–Trinajstić information content (AvgIpc) is 2.70. The second-order valence-electron chi connectivity index (χ2n) is 4.09.